The van der Waals surface area contributed by atoms with Crippen LogP contribution in [0.1, 0.15) is 138 Å². The molecule has 2 saturated heterocycles. The molecule has 6 heterocycles. The van der Waals surface area contributed by atoms with E-state index in [1.807, 2.05) is 6.07 Å². The molecule has 322 valence electrons. The lowest BCUT2D eigenvalue weighted by atomic mass is 9.84. The fourth-order valence-electron chi connectivity index (χ4n) is 9.97. The lowest BCUT2D eigenvalue weighted by Crippen LogP contribution is -2.54. The van der Waals surface area contributed by atoms with Gasteiger partial charge in [-0.15, -0.1) is 0 Å². The number of piperidine rings is 1. The Hall–Kier alpha value is -5.62. The number of amides is 5. The van der Waals surface area contributed by atoms with Crippen molar-refractivity contribution in [3.05, 3.63) is 70.9 Å². The van der Waals surface area contributed by atoms with Crippen molar-refractivity contribution in [2.75, 3.05) is 37.4 Å². The summed E-state index contributed by atoms with van der Waals surface area (Å²) >= 11 is 0. The summed E-state index contributed by atoms with van der Waals surface area (Å²) in [5.74, 6) is -2.00. The van der Waals surface area contributed by atoms with Crippen molar-refractivity contribution >= 4 is 46.6 Å². The number of nitrogens with one attached hydrogen (secondary N) is 3. The van der Waals surface area contributed by atoms with Gasteiger partial charge in [0.2, 0.25) is 11.8 Å². The first-order valence-corrected chi connectivity index (χ1v) is 21.4. The van der Waals surface area contributed by atoms with Gasteiger partial charge in [-0.1, -0.05) is 6.07 Å². The fraction of sp³-hybridized carbons (Fsp3) is 0.535. The van der Waals surface area contributed by atoms with Crippen molar-refractivity contribution in [2.24, 2.45) is 5.92 Å². The molecule has 2 saturated carbocycles. The van der Waals surface area contributed by atoms with Gasteiger partial charge in [-0.3, -0.25) is 38.9 Å². The topological polar surface area (TPSA) is 185 Å². The molecule has 0 radical (unpaired) electrons. The molecule has 2 aliphatic carbocycles. The van der Waals surface area contributed by atoms with Crippen LogP contribution in [-0.2, 0) is 14.3 Å². The summed E-state index contributed by atoms with van der Waals surface area (Å²) in [6, 6.07) is 6.44. The molecule has 5 amide bonds. The monoisotopic (exact) mass is 840 g/mol. The number of carbonyl (C=O) groups excluding carboxylic acids is 5. The molecule has 16 nitrogen and oxygen atoms in total. The van der Waals surface area contributed by atoms with Crippen molar-refractivity contribution in [1.82, 2.24) is 39.5 Å². The van der Waals surface area contributed by atoms with Crippen LogP contribution in [0, 0.1) is 5.92 Å². The van der Waals surface area contributed by atoms with E-state index in [-0.39, 0.29) is 53.2 Å². The minimum absolute atomic E-state index is 0.0159. The SMILES string of the molecule is CN(CC1CCC(n2cc(NC(=O)c3cnn4ccc(C5CCOCC5)nc34)c(C(F)F)n2)CC1)[C@H]1CC[C@H](Nc2cccc3c2C(=O)N(C2CCC(=O)NC2=O)C3=O)CC1. The van der Waals surface area contributed by atoms with Crippen LogP contribution in [0.2, 0.25) is 0 Å². The number of benzene rings is 1. The van der Waals surface area contributed by atoms with Gasteiger partial charge in [-0.05, 0) is 102 Å². The molecule has 5 aliphatic rings. The van der Waals surface area contributed by atoms with Gasteiger partial charge in [-0.25, -0.2) is 18.3 Å². The largest absolute Gasteiger partial charge is 0.382 e. The van der Waals surface area contributed by atoms with Crippen LogP contribution in [0.5, 0.6) is 0 Å². The highest BCUT2D eigenvalue weighted by Crippen LogP contribution is 2.38. The molecular formula is C43H50F2N10O6. The number of imide groups is 2. The van der Waals surface area contributed by atoms with Gasteiger partial charge >= 0.3 is 0 Å². The number of rotatable bonds is 11. The molecule has 1 unspecified atom stereocenters. The first-order chi connectivity index (χ1) is 29.5. The Balaban J connectivity index is 0.767. The maximum atomic E-state index is 14.3. The van der Waals surface area contributed by atoms with Gasteiger partial charge in [0, 0.05) is 68.0 Å². The summed E-state index contributed by atoms with van der Waals surface area (Å²) in [6.07, 6.45) is 10.7. The van der Waals surface area contributed by atoms with Gasteiger partial charge in [0.15, 0.2) is 11.3 Å². The Bertz CT molecular complexity index is 2340. The number of alkyl halides is 2. The number of fused-ring (bicyclic) bond motifs is 2. The lowest BCUT2D eigenvalue weighted by molar-refractivity contribution is -0.136. The summed E-state index contributed by atoms with van der Waals surface area (Å²) in [7, 11) is 2.16. The predicted molar refractivity (Wildman–Crippen MR) is 217 cm³/mol. The Labute approximate surface area is 350 Å². The second-order valence-corrected chi connectivity index (χ2v) is 17.2. The number of hydrogen-bond acceptors (Lipinski definition) is 11. The highest BCUT2D eigenvalue weighted by atomic mass is 19.3. The first kappa shape index (κ1) is 40.8. The normalized spacial score (nSPS) is 25.1. The second-order valence-electron chi connectivity index (χ2n) is 17.2. The van der Waals surface area contributed by atoms with E-state index < -0.39 is 47.7 Å². The Morgan fingerprint density at radius 3 is 2.46 bits per heavy atom. The average Bonchev–Trinajstić information content (AvgIpc) is 3.96. The number of ether oxygens (including phenoxy) is 1. The van der Waals surface area contributed by atoms with Crippen molar-refractivity contribution in [3.63, 3.8) is 0 Å². The second kappa shape index (κ2) is 17.0. The predicted octanol–water partition coefficient (Wildman–Crippen LogP) is 5.50. The summed E-state index contributed by atoms with van der Waals surface area (Å²) < 4.78 is 37.2. The molecule has 1 aromatic carbocycles. The van der Waals surface area contributed by atoms with E-state index in [1.54, 1.807) is 29.1 Å². The Morgan fingerprint density at radius 1 is 0.951 bits per heavy atom. The smallest absolute Gasteiger partial charge is 0.284 e. The molecule has 3 aromatic heterocycles. The molecule has 1 atom stereocenters. The molecule has 3 aliphatic heterocycles. The summed E-state index contributed by atoms with van der Waals surface area (Å²) in [5, 5.41) is 17.0. The Kier molecular flexibility index (Phi) is 11.4. The summed E-state index contributed by atoms with van der Waals surface area (Å²) in [6.45, 7) is 2.22. The molecule has 0 bridgehead atoms. The van der Waals surface area contributed by atoms with Crippen molar-refractivity contribution in [2.45, 2.75) is 114 Å². The van der Waals surface area contributed by atoms with Gasteiger partial charge in [0.05, 0.1) is 29.1 Å². The van der Waals surface area contributed by atoms with Gasteiger partial charge in [0.25, 0.3) is 24.1 Å². The molecule has 4 aromatic rings. The molecule has 4 fully saturated rings. The number of halogens is 2. The average molecular weight is 841 g/mol. The maximum absolute atomic E-state index is 14.3. The minimum Gasteiger partial charge on any atom is -0.382 e. The molecule has 18 heteroatoms. The Morgan fingerprint density at radius 2 is 1.72 bits per heavy atom. The molecular weight excluding hydrogens is 791 g/mol. The van der Waals surface area contributed by atoms with Gasteiger partial charge < -0.3 is 20.3 Å². The molecule has 0 spiro atoms. The third-order valence-corrected chi connectivity index (χ3v) is 13.4. The van der Waals surface area contributed by atoms with Crippen LogP contribution in [0.15, 0.2) is 42.9 Å². The molecule has 9 rings (SSSR count). The third kappa shape index (κ3) is 8.14. The van der Waals surface area contributed by atoms with Gasteiger partial charge in [0.1, 0.15) is 11.6 Å². The number of anilines is 2. The summed E-state index contributed by atoms with van der Waals surface area (Å²) in [4.78, 5) is 72.7. The molecule has 3 N–H and O–H groups in total. The van der Waals surface area contributed by atoms with E-state index in [1.165, 1.54) is 16.9 Å². The van der Waals surface area contributed by atoms with Crippen LogP contribution in [0.25, 0.3) is 5.65 Å². The van der Waals surface area contributed by atoms with E-state index >= 15 is 0 Å². The van der Waals surface area contributed by atoms with E-state index in [4.69, 9.17) is 9.72 Å². The highest BCUT2D eigenvalue weighted by molar-refractivity contribution is 6.25. The fourth-order valence-corrected chi connectivity index (χ4v) is 9.97. The summed E-state index contributed by atoms with van der Waals surface area (Å²) in [5.41, 5.74) is 2.05. The number of aromatic nitrogens is 5. The zero-order valence-electron chi connectivity index (χ0n) is 34.0. The minimum atomic E-state index is -2.87. The number of hydrogen-bond donors (Lipinski definition) is 3. The van der Waals surface area contributed by atoms with Crippen LogP contribution < -0.4 is 16.0 Å². The van der Waals surface area contributed by atoms with Crippen molar-refractivity contribution < 1.29 is 37.5 Å². The third-order valence-electron chi connectivity index (χ3n) is 13.4. The zero-order valence-corrected chi connectivity index (χ0v) is 34.0. The van der Waals surface area contributed by atoms with E-state index in [0.717, 1.165) is 81.3 Å². The van der Waals surface area contributed by atoms with Crippen molar-refractivity contribution in [3.8, 4) is 0 Å². The van der Waals surface area contributed by atoms with E-state index in [9.17, 15) is 32.8 Å². The maximum Gasteiger partial charge on any atom is 0.284 e. The van der Waals surface area contributed by atoms with Gasteiger partial charge in [-0.2, -0.15) is 10.2 Å². The van der Waals surface area contributed by atoms with E-state index in [2.05, 4.69) is 38.1 Å². The van der Waals surface area contributed by atoms with Crippen LogP contribution >= 0.6 is 0 Å². The quantitative estimate of drug-likeness (QED) is 0.162. The number of carbonyl (C=O) groups is 5. The van der Waals surface area contributed by atoms with Crippen LogP contribution in [0.4, 0.5) is 20.2 Å². The lowest BCUT2D eigenvalue weighted by Gasteiger charge is -2.38. The zero-order chi connectivity index (χ0) is 42.4. The highest BCUT2D eigenvalue weighted by Gasteiger charge is 2.46. The molecule has 61 heavy (non-hydrogen) atoms. The standard InChI is InChI=1S/C43H50F2N10O6/c1-52(27-11-7-26(8-12-27)47-32-4-2-3-29-36(32)43(60)55(42(29)59)34-13-14-35(56)50-41(34)58)22-24-5-9-28(10-6-24)54-23-33(37(51-54)38(44)45)49-40(57)30-21-46-53-18-15-31(48-39(30)53)25-16-19-61-20-17-25/h2-4,15,18,21,23-28,34,38,47H,5-14,16-17,19-20,22H2,1H3,(H,49,57)(H,50,56,58)/t24?,26-,27-,28?,34?. The first-order valence-electron chi connectivity index (χ1n) is 21.4. The van der Waals surface area contributed by atoms with Crippen LogP contribution in [-0.4, -0.2) is 109 Å². The number of nitrogens with zero attached hydrogens (tertiary/aromatic N) is 7. The van der Waals surface area contributed by atoms with E-state index in [0.29, 0.717) is 36.5 Å². The van der Waals surface area contributed by atoms with Crippen LogP contribution in [0.3, 0.4) is 0 Å². The van der Waals surface area contributed by atoms with Crippen molar-refractivity contribution in [1.29, 1.82) is 0 Å².